The summed E-state index contributed by atoms with van der Waals surface area (Å²) in [5.41, 5.74) is 0.562. The Bertz CT molecular complexity index is 402. The van der Waals surface area contributed by atoms with Crippen LogP contribution in [0.4, 0.5) is 0 Å². The molecule has 0 radical (unpaired) electrons. The van der Waals surface area contributed by atoms with Gasteiger partial charge in [0.1, 0.15) is 6.61 Å². The summed E-state index contributed by atoms with van der Waals surface area (Å²) in [5.74, 6) is 1.19. The van der Waals surface area contributed by atoms with E-state index in [4.69, 9.17) is 18.9 Å². The fraction of sp³-hybridized carbons (Fsp3) is 0.417. The molecule has 0 atom stereocenters. The van der Waals surface area contributed by atoms with Crippen molar-refractivity contribution in [2.45, 2.75) is 0 Å². The van der Waals surface area contributed by atoms with Gasteiger partial charge in [0.25, 0.3) is 0 Å². The molecule has 0 aliphatic carbocycles. The average molecular weight is 238 g/mol. The summed E-state index contributed by atoms with van der Waals surface area (Å²) in [5, 5.41) is 0. The number of fused-ring (bicyclic) bond motifs is 1. The van der Waals surface area contributed by atoms with Crippen LogP contribution in [0.1, 0.15) is 10.4 Å². The topological polar surface area (TPSA) is 54.0 Å². The van der Waals surface area contributed by atoms with Crippen LogP contribution in [0, 0.1) is 0 Å². The summed E-state index contributed by atoms with van der Waals surface area (Å²) in [6.45, 7) is 1.14. The van der Waals surface area contributed by atoms with Crippen molar-refractivity contribution in [3.05, 3.63) is 23.8 Å². The minimum Gasteiger partial charge on any atom is -0.454 e. The van der Waals surface area contributed by atoms with E-state index in [2.05, 4.69) is 0 Å². The lowest BCUT2D eigenvalue weighted by Gasteiger charge is -2.04. The normalized spacial score (nSPS) is 12.8. The van der Waals surface area contributed by atoms with Gasteiger partial charge in [0, 0.05) is 12.7 Å². The van der Waals surface area contributed by atoms with Gasteiger partial charge >= 0.3 is 0 Å². The first-order valence-corrected chi connectivity index (χ1v) is 5.31. The standard InChI is InChI=1S/C12H14O5/c1-14-4-5-15-7-10(13)9-2-3-11-12(6-9)17-8-16-11/h2-3,6H,4-5,7-8H2,1H3. The van der Waals surface area contributed by atoms with Crippen molar-refractivity contribution in [3.8, 4) is 11.5 Å². The minimum atomic E-state index is -0.0839. The maximum atomic E-state index is 11.7. The fourth-order valence-electron chi connectivity index (χ4n) is 1.46. The molecular weight excluding hydrogens is 224 g/mol. The Hall–Kier alpha value is -1.59. The molecule has 92 valence electrons. The predicted octanol–water partition coefficient (Wildman–Crippen LogP) is 1.26. The SMILES string of the molecule is COCCOCC(=O)c1ccc2c(c1)OCO2. The number of ether oxygens (including phenoxy) is 4. The highest BCUT2D eigenvalue weighted by Gasteiger charge is 2.16. The second-order valence-electron chi connectivity index (χ2n) is 3.54. The second kappa shape index (κ2) is 5.65. The van der Waals surface area contributed by atoms with Crippen LogP contribution in [0.5, 0.6) is 11.5 Å². The van der Waals surface area contributed by atoms with Crippen LogP contribution in [0.15, 0.2) is 18.2 Å². The molecule has 1 aliphatic heterocycles. The van der Waals surface area contributed by atoms with Crippen LogP contribution in [0.2, 0.25) is 0 Å². The number of benzene rings is 1. The summed E-state index contributed by atoms with van der Waals surface area (Å²) in [6, 6.07) is 5.10. The zero-order chi connectivity index (χ0) is 12.1. The lowest BCUT2D eigenvalue weighted by atomic mass is 10.1. The van der Waals surface area contributed by atoms with Crippen LogP contribution in [0.25, 0.3) is 0 Å². The third-order valence-electron chi connectivity index (χ3n) is 2.36. The van der Waals surface area contributed by atoms with E-state index < -0.39 is 0 Å². The molecule has 0 saturated carbocycles. The van der Waals surface area contributed by atoms with E-state index in [-0.39, 0.29) is 19.2 Å². The molecule has 0 bridgehead atoms. The molecule has 1 aromatic rings. The minimum absolute atomic E-state index is 0.0446. The molecule has 5 heteroatoms. The number of hydrogen-bond donors (Lipinski definition) is 0. The van der Waals surface area contributed by atoms with Crippen molar-refractivity contribution in [3.63, 3.8) is 0 Å². The van der Waals surface area contributed by atoms with E-state index in [1.165, 1.54) is 0 Å². The smallest absolute Gasteiger partial charge is 0.231 e. The largest absolute Gasteiger partial charge is 0.454 e. The predicted molar refractivity (Wildman–Crippen MR) is 59.6 cm³/mol. The van der Waals surface area contributed by atoms with Crippen molar-refractivity contribution in [1.29, 1.82) is 0 Å². The van der Waals surface area contributed by atoms with Gasteiger partial charge in [-0.05, 0) is 18.2 Å². The molecule has 1 heterocycles. The lowest BCUT2D eigenvalue weighted by Crippen LogP contribution is -2.12. The number of Topliss-reactive ketones (excluding diaryl/α,β-unsaturated/α-hetero) is 1. The lowest BCUT2D eigenvalue weighted by molar-refractivity contribution is 0.0576. The third-order valence-corrected chi connectivity index (χ3v) is 2.36. The molecule has 0 aromatic heterocycles. The molecule has 0 spiro atoms. The zero-order valence-corrected chi connectivity index (χ0v) is 9.60. The van der Waals surface area contributed by atoms with Crippen molar-refractivity contribution >= 4 is 5.78 Å². The van der Waals surface area contributed by atoms with Crippen LogP contribution >= 0.6 is 0 Å². The van der Waals surface area contributed by atoms with Gasteiger partial charge in [-0.1, -0.05) is 0 Å². The van der Waals surface area contributed by atoms with E-state index in [1.807, 2.05) is 0 Å². The fourth-order valence-corrected chi connectivity index (χ4v) is 1.46. The zero-order valence-electron chi connectivity index (χ0n) is 9.60. The number of carbonyl (C=O) groups is 1. The van der Waals surface area contributed by atoms with E-state index in [0.717, 1.165) is 0 Å². The van der Waals surface area contributed by atoms with Crippen molar-refractivity contribution < 1.29 is 23.7 Å². The average Bonchev–Trinajstić information content (AvgIpc) is 2.81. The maximum Gasteiger partial charge on any atom is 0.231 e. The van der Waals surface area contributed by atoms with Gasteiger partial charge in [-0.2, -0.15) is 0 Å². The Morgan fingerprint density at radius 1 is 1.29 bits per heavy atom. The van der Waals surface area contributed by atoms with Gasteiger partial charge in [0.05, 0.1) is 13.2 Å². The summed E-state index contributed by atoms with van der Waals surface area (Å²) < 4.78 is 20.3. The Kier molecular flexibility index (Phi) is 3.95. The van der Waals surface area contributed by atoms with Crippen molar-refractivity contribution in [2.24, 2.45) is 0 Å². The Labute approximate surface area is 99.2 Å². The van der Waals surface area contributed by atoms with Crippen LogP contribution < -0.4 is 9.47 Å². The summed E-state index contributed by atoms with van der Waals surface area (Å²) >= 11 is 0. The number of carbonyl (C=O) groups excluding carboxylic acids is 1. The number of rotatable bonds is 6. The second-order valence-corrected chi connectivity index (χ2v) is 3.54. The van der Waals surface area contributed by atoms with E-state index >= 15 is 0 Å². The molecule has 0 N–H and O–H groups in total. The highest BCUT2D eigenvalue weighted by atomic mass is 16.7. The van der Waals surface area contributed by atoms with Gasteiger partial charge in [-0.15, -0.1) is 0 Å². The molecule has 17 heavy (non-hydrogen) atoms. The van der Waals surface area contributed by atoms with Gasteiger partial charge < -0.3 is 18.9 Å². The number of methoxy groups -OCH3 is 1. The van der Waals surface area contributed by atoms with E-state index in [9.17, 15) is 4.79 Å². The molecule has 2 rings (SSSR count). The molecular formula is C12H14O5. The van der Waals surface area contributed by atoms with Crippen molar-refractivity contribution in [2.75, 3.05) is 33.7 Å². The van der Waals surface area contributed by atoms with Gasteiger partial charge in [-0.25, -0.2) is 0 Å². The number of ketones is 1. The third kappa shape index (κ3) is 2.95. The molecule has 0 amide bonds. The quantitative estimate of drug-likeness (QED) is 0.551. The molecule has 5 nitrogen and oxygen atoms in total. The maximum absolute atomic E-state index is 11.7. The van der Waals surface area contributed by atoms with Crippen LogP contribution in [-0.4, -0.2) is 39.5 Å². The summed E-state index contributed by atoms with van der Waals surface area (Å²) in [4.78, 5) is 11.7. The first kappa shape index (κ1) is 11.9. The van der Waals surface area contributed by atoms with Gasteiger partial charge in [0.2, 0.25) is 6.79 Å². The Morgan fingerprint density at radius 3 is 2.94 bits per heavy atom. The monoisotopic (exact) mass is 238 g/mol. The molecule has 0 saturated heterocycles. The molecule has 1 aromatic carbocycles. The summed E-state index contributed by atoms with van der Waals surface area (Å²) in [6.07, 6.45) is 0. The Balaban J connectivity index is 1.91. The van der Waals surface area contributed by atoms with E-state index in [1.54, 1.807) is 25.3 Å². The van der Waals surface area contributed by atoms with Gasteiger partial charge in [0.15, 0.2) is 17.3 Å². The molecule has 0 fully saturated rings. The summed E-state index contributed by atoms with van der Waals surface area (Å²) in [7, 11) is 1.59. The molecule has 1 aliphatic rings. The first-order valence-electron chi connectivity index (χ1n) is 5.31. The van der Waals surface area contributed by atoms with E-state index in [0.29, 0.717) is 30.3 Å². The highest BCUT2D eigenvalue weighted by molar-refractivity contribution is 5.97. The van der Waals surface area contributed by atoms with Crippen molar-refractivity contribution in [1.82, 2.24) is 0 Å². The van der Waals surface area contributed by atoms with Gasteiger partial charge in [-0.3, -0.25) is 4.79 Å². The molecule has 0 unspecified atom stereocenters. The van der Waals surface area contributed by atoms with Crippen LogP contribution in [-0.2, 0) is 9.47 Å². The Morgan fingerprint density at radius 2 is 2.12 bits per heavy atom. The number of hydrogen-bond acceptors (Lipinski definition) is 5. The highest BCUT2D eigenvalue weighted by Crippen LogP contribution is 2.32. The van der Waals surface area contributed by atoms with Crippen LogP contribution in [0.3, 0.4) is 0 Å². The first-order chi connectivity index (χ1) is 8.31.